The van der Waals surface area contributed by atoms with Crippen molar-refractivity contribution in [1.82, 2.24) is 14.7 Å². The summed E-state index contributed by atoms with van der Waals surface area (Å²) in [5, 5.41) is 11.9. The highest BCUT2D eigenvalue weighted by atomic mass is 16.2. The number of carbonyl (C=O) groups is 2. The quantitative estimate of drug-likeness (QED) is 0.712. The molecule has 1 saturated heterocycles. The Morgan fingerprint density at radius 3 is 2.32 bits per heavy atom. The van der Waals surface area contributed by atoms with Crippen molar-refractivity contribution in [1.29, 1.82) is 5.26 Å². The van der Waals surface area contributed by atoms with Crippen molar-refractivity contribution in [3.05, 3.63) is 65.2 Å². The molecule has 1 N–H and O–H groups in total. The highest BCUT2D eigenvalue weighted by Crippen LogP contribution is 2.17. The van der Waals surface area contributed by atoms with E-state index in [1.807, 2.05) is 60.3 Å². The van der Waals surface area contributed by atoms with Gasteiger partial charge >= 0.3 is 6.03 Å². The molecule has 31 heavy (non-hydrogen) atoms. The number of amides is 3. The molecule has 2 aromatic rings. The van der Waals surface area contributed by atoms with Crippen LogP contribution in [0.4, 0.5) is 10.5 Å². The molecule has 0 aromatic heterocycles. The van der Waals surface area contributed by atoms with Gasteiger partial charge in [0, 0.05) is 44.8 Å². The lowest BCUT2D eigenvalue weighted by atomic mass is 10.1. The van der Waals surface area contributed by atoms with Gasteiger partial charge in [-0.25, -0.2) is 4.79 Å². The first kappa shape index (κ1) is 22.3. The zero-order valence-electron chi connectivity index (χ0n) is 18.2. The fraction of sp³-hybridized carbons (Fsp3) is 0.375. The van der Waals surface area contributed by atoms with E-state index >= 15 is 0 Å². The first-order valence-corrected chi connectivity index (χ1v) is 10.5. The Balaban J connectivity index is 1.62. The molecule has 0 atom stereocenters. The third-order valence-corrected chi connectivity index (χ3v) is 5.31. The van der Waals surface area contributed by atoms with E-state index in [4.69, 9.17) is 5.26 Å². The van der Waals surface area contributed by atoms with Gasteiger partial charge in [0.2, 0.25) is 5.91 Å². The third-order valence-electron chi connectivity index (χ3n) is 5.31. The Hall–Kier alpha value is -3.37. The zero-order valence-corrected chi connectivity index (χ0v) is 18.2. The lowest BCUT2D eigenvalue weighted by Crippen LogP contribution is -2.39. The maximum absolute atomic E-state index is 13.0. The topological polar surface area (TPSA) is 79.7 Å². The van der Waals surface area contributed by atoms with Gasteiger partial charge in [-0.05, 0) is 55.9 Å². The number of likely N-dealkylation sites (tertiary alicyclic amines) is 1. The van der Waals surface area contributed by atoms with Crippen LogP contribution in [0.2, 0.25) is 0 Å². The summed E-state index contributed by atoms with van der Waals surface area (Å²) in [5.74, 6) is 0.205. The van der Waals surface area contributed by atoms with Gasteiger partial charge in [0.05, 0.1) is 11.6 Å². The average molecular weight is 420 g/mol. The molecule has 0 saturated carbocycles. The number of anilines is 1. The lowest BCUT2D eigenvalue weighted by molar-refractivity contribution is -0.128. The summed E-state index contributed by atoms with van der Waals surface area (Å²) in [4.78, 5) is 30.4. The number of likely N-dealkylation sites (N-methyl/N-ethyl adjacent to an activating group) is 1. The second-order valence-corrected chi connectivity index (χ2v) is 8.08. The number of rotatable bonds is 8. The van der Waals surface area contributed by atoms with E-state index in [0.717, 1.165) is 36.3 Å². The van der Waals surface area contributed by atoms with E-state index in [1.165, 1.54) is 0 Å². The number of carbonyl (C=O) groups excluding carboxylic acids is 2. The number of nitriles is 1. The monoisotopic (exact) mass is 419 g/mol. The maximum atomic E-state index is 13.0. The number of nitrogens with zero attached hydrogens (tertiary/aromatic N) is 4. The van der Waals surface area contributed by atoms with Crippen LogP contribution in [0, 0.1) is 11.3 Å². The lowest BCUT2D eigenvalue weighted by Gasteiger charge is -2.25. The highest BCUT2D eigenvalue weighted by molar-refractivity contribution is 5.89. The Kier molecular flexibility index (Phi) is 7.63. The summed E-state index contributed by atoms with van der Waals surface area (Å²) in [6.07, 6.45) is 1.56. The molecule has 3 rings (SSSR count). The molecule has 0 unspecified atom stereocenters. The Bertz CT molecular complexity index is 932. The van der Waals surface area contributed by atoms with Crippen molar-refractivity contribution in [2.45, 2.75) is 25.9 Å². The van der Waals surface area contributed by atoms with Gasteiger partial charge in [0.15, 0.2) is 0 Å². The van der Waals surface area contributed by atoms with Crippen LogP contribution in [-0.4, -0.2) is 60.4 Å². The van der Waals surface area contributed by atoms with E-state index in [9.17, 15) is 9.59 Å². The highest BCUT2D eigenvalue weighted by Gasteiger charge is 2.20. The Morgan fingerprint density at radius 2 is 1.74 bits per heavy atom. The van der Waals surface area contributed by atoms with E-state index in [2.05, 4.69) is 11.4 Å². The van der Waals surface area contributed by atoms with E-state index in [1.54, 1.807) is 17.0 Å². The van der Waals surface area contributed by atoms with Crippen molar-refractivity contribution in [2.24, 2.45) is 0 Å². The predicted octanol–water partition coefficient (Wildman–Crippen LogP) is 3.28. The van der Waals surface area contributed by atoms with Crippen LogP contribution in [-0.2, 0) is 17.9 Å². The molecule has 7 heteroatoms. The normalized spacial score (nSPS) is 13.4. The minimum absolute atomic E-state index is 0.173. The van der Waals surface area contributed by atoms with E-state index in [0.29, 0.717) is 31.6 Å². The number of urea groups is 1. The third kappa shape index (κ3) is 6.56. The second kappa shape index (κ2) is 10.6. The van der Waals surface area contributed by atoms with Crippen LogP contribution in [0.5, 0.6) is 0 Å². The van der Waals surface area contributed by atoms with Crippen LogP contribution in [0.25, 0.3) is 0 Å². The molecule has 0 radical (unpaired) electrons. The molecule has 3 amide bonds. The number of nitrogens with one attached hydrogen (secondary N) is 1. The fourth-order valence-electron chi connectivity index (χ4n) is 3.47. The molecule has 0 aliphatic carbocycles. The summed E-state index contributed by atoms with van der Waals surface area (Å²) in [6.45, 7) is 3.20. The van der Waals surface area contributed by atoms with Crippen molar-refractivity contribution < 1.29 is 9.59 Å². The van der Waals surface area contributed by atoms with Gasteiger partial charge in [0.1, 0.15) is 0 Å². The first-order valence-electron chi connectivity index (χ1n) is 10.5. The van der Waals surface area contributed by atoms with Crippen molar-refractivity contribution >= 4 is 17.6 Å². The van der Waals surface area contributed by atoms with Gasteiger partial charge < -0.3 is 20.0 Å². The van der Waals surface area contributed by atoms with Crippen LogP contribution in [0.3, 0.4) is 0 Å². The molecule has 0 bridgehead atoms. The minimum atomic E-state index is -0.173. The average Bonchev–Trinajstić information content (AvgIpc) is 3.17. The van der Waals surface area contributed by atoms with Gasteiger partial charge in [-0.2, -0.15) is 5.26 Å². The molecule has 1 aliphatic rings. The number of hydrogen-bond acceptors (Lipinski definition) is 4. The molecular weight excluding hydrogens is 390 g/mol. The van der Waals surface area contributed by atoms with Gasteiger partial charge in [-0.1, -0.05) is 24.3 Å². The summed E-state index contributed by atoms with van der Waals surface area (Å²) in [7, 11) is 3.95. The number of hydrogen-bond donors (Lipinski definition) is 1. The molecule has 1 heterocycles. The Labute approximate surface area is 183 Å². The SMILES string of the molecule is CN(C)CCN(Cc1ccc(C#N)cc1)C(=O)Nc1ccc(CN2CCCC2=O)cc1. The smallest absolute Gasteiger partial charge is 0.322 e. The van der Waals surface area contributed by atoms with Gasteiger partial charge in [-0.15, -0.1) is 0 Å². The largest absolute Gasteiger partial charge is 0.338 e. The minimum Gasteiger partial charge on any atom is -0.338 e. The fourth-order valence-corrected chi connectivity index (χ4v) is 3.47. The summed E-state index contributed by atoms with van der Waals surface area (Å²) >= 11 is 0. The summed E-state index contributed by atoms with van der Waals surface area (Å²) in [6, 6.07) is 16.9. The van der Waals surface area contributed by atoms with Gasteiger partial charge in [-0.3, -0.25) is 4.79 Å². The molecule has 2 aromatic carbocycles. The number of benzene rings is 2. The summed E-state index contributed by atoms with van der Waals surface area (Å²) < 4.78 is 0. The molecule has 0 spiro atoms. The maximum Gasteiger partial charge on any atom is 0.322 e. The van der Waals surface area contributed by atoms with Crippen LogP contribution < -0.4 is 5.32 Å². The zero-order chi connectivity index (χ0) is 22.2. The van der Waals surface area contributed by atoms with Gasteiger partial charge in [0.25, 0.3) is 0 Å². The first-order chi connectivity index (χ1) is 14.9. The van der Waals surface area contributed by atoms with Crippen molar-refractivity contribution in [3.8, 4) is 6.07 Å². The molecule has 162 valence electrons. The van der Waals surface area contributed by atoms with Crippen molar-refractivity contribution in [3.63, 3.8) is 0 Å². The second-order valence-electron chi connectivity index (χ2n) is 8.08. The van der Waals surface area contributed by atoms with E-state index in [-0.39, 0.29) is 11.9 Å². The summed E-state index contributed by atoms with van der Waals surface area (Å²) in [5.41, 5.74) is 3.34. The molecule has 7 nitrogen and oxygen atoms in total. The Morgan fingerprint density at radius 1 is 1.06 bits per heavy atom. The standard InChI is InChI=1S/C24H29N5O2/c1-27(2)14-15-29(18-20-7-5-19(16-25)6-8-20)24(31)26-22-11-9-21(10-12-22)17-28-13-3-4-23(28)30/h5-12H,3-4,13-15,17-18H2,1-2H3,(H,26,31). The van der Waals surface area contributed by atoms with Crippen LogP contribution in [0.15, 0.2) is 48.5 Å². The molecule has 1 fully saturated rings. The van der Waals surface area contributed by atoms with Crippen LogP contribution >= 0.6 is 0 Å². The van der Waals surface area contributed by atoms with Crippen molar-refractivity contribution in [2.75, 3.05) is 39.0 Å². The molecule has 1 aliphatic heterocycles. The predicted molar refractivity (Wildman–Crippen MR) is 120 cm³/mol. The van der Waals surface area contributed by atoms with E-state index < -0.39 is 0 Å². The molecular formula is C24H29N5O2. The van der Waals surface area contributed by atoms with Crippen LogP contribution in [0.1, 0.15) is 29.5 Å².